The molecule has 3 aromatic rings. The molecule has 0 aliphatic heterocycles. The molecule has 7 heteroatoms. The summed E-state index contributed by atoms with van der Waals surface area (Å²) in [6.45, 7) is 1.82. The number of anilines is 1. The summed E-state index contributed by atoms with van der Waals surface area (Å²) in [5, 5.41) is 4.09. The predicted molar refractivity (Wildman–Crippen MR) is 107 cm³/mol. The minimum atomic E-state index is -0.262. The molecular weight excluding hydrogens is 382 g/mol. The summed E-state index contributed by atoms with van der Waals surface area (Å²) in [4.78, 5) is 33.3. The molecule has 2 N–H and O–H groups in total. The molecule has 1 aliphatic carbocycles. The first-order chi connectivity index (χ1) is 13.0. The highest BCUT2D eigenvalue weighted by atomic mass is 35.5. The number of hydrogen-bond acceptors (Lipinski definition) is 4. The molecule has 2 heterocycles. The molecule has 1 amide bonds. The van der Waals surface area contributed by atoms with Crippen LogP contribution in [0.4, 0.5) is 5.13 Å². The average Bonchev–Trinajstić information content (AvgIpc) is 3.22. The maximum Gasteiger partial charge on any atom is 0.274 e. The number of hydrogen-bond donors (Lipinski definition) is 2. The van der Waals surface area contributed by atoms with Gasteiger partial charge in [0.25, 0.3) is 5.91 Å². The summed E-state index contributed by atoms with van der Waals surface area (Å²) in [6, 6.07) is 7.67. The molecule has 2 aromatic heterocycles. The second kappa shape index (κ2) is 7.29. The molecule has 0 radical (unpaired) electrons. The van der Waals surface area contributed by atoms with Crippen LogP contribution in [0.5, 0.6) is 0 Å². The largest absolute Gasteiger partial charge is 0.354 e. The summed E-state index contributed by atoms with van der Waals surface area (Å²) in [6.07, 6.45) is 4.68. The lowest BCUT2D eigenvalue weighted by Crippen LogP contribution is -2.13. The maximum atomic E-state index is 12.7. The molecular formula is C20H18ClN3O2S. The number of carbonyl (C=O) groups is 2. The number of amides is 1. The van der Waals surface area contributed by atoms with Gasteiger partial charge in [0.05, 0.1) is 0 Å². The Bertz CT molecular complexity index is 1020. The molecule has 5 nitrogen and oxygen atoms in total. The van der Waals surface area contributed by atoms with E-state index in [1.165, 1.54) is 11.3 Å². The number of halogens is 1. The second-order valence-electron chi connectivity index (χ2n) is 6.64. The van der Waals surface area contributed by atoms with Crippen LogP contribution in [-0.2, 0) is 12.8 Å². The van der Waals surface area contributed by atoms with Crippen LogP contribution in [0.15, 0.2) is 30.5 Å². The Balaban J connectivity index is 1.48. The summed E-state index contributed by atoms with van der Waals surface area (Å²) < 4.78 is 0. The van der Waals surface area contributed by atoms with Crippen molar-refractivity contribution in [3.05, 3.63) is 68.4 Å². The Labute approximate surface area is 165 Å². The number of aryl methyl sites for hydroxylation is 1. The van der Waals surface area contributed by atoms with E-state index in [2.05, 4.69) is 15.3 Å². The van der Waals surface area contributed by atoms with E-state index in [0.717, 1.165) is 41.0 Å². The molecule has 0 spiro atoms. The van der Waals surface area contributed by atoms with Crippen LogP contribution in [0.25, 0.3) is 0 Å². The number of thiazole rings is 1. The van der Waals surface area contributed by atoms with Gasteiger partial charge >= 0.3 is 0 Å². The van der Waals surface area contributed by atoms with Crippen LogP contribution in [0, 0.1) is 6.92 Å². The van der Waals surface area contributed by atoms with Gasteiger partial charge in [-0.05, 0) is 43.0 Å². The minimum Gasteiger partial charge on any atom is -0.354 e. The Kier molecular flexibility index (Phi) is 4.85. The molecule has 0 saturated carbocycles. The minimum absolute atomic E-state index is 0.114. The average molecular weight is 400 g/mol. The van der Waals surface area contributed by atoms with Gasteiger partial charge < -0.3 is 4.98 Å². The van der Waals surface area contributed by atoms with Gasteiger partial charge in [-0.1, -0.05) is 23.7 Å². The third-order valence-electron chi connectivity index (χ3n) is 4.73. The Morgan fingerprint density at radius 3 is 2.81 bits per heavy atom. The summed E-state index contributed by atoms with van der Waals surface area (Å²) in [7, 11) is 0. The van der Waals surface area contributed by atoms with Crippen molar-refractivity contribution in [2.75, 3.05) is 5.32 Å². The first kappa shape index (κ1) is 17.9. The number of aromatic nitrogens is 2. The zero-order valence-electron chi connectivity index (χ0n) is 14.8. The molecule has 1 aromatic carbocycles. The maximum absolute atomic E-state index is 12.7. The van der Waals surface area contributed by atoms with E-state index >= 15 is 0 Å². The second-order valence-corrected chi connectivity index (χ2v) is 8.20. The lowest BCUT2D eigenvalue weighted by atomic mass is 9.94. The van der Waals surface area contributed by atoms with E-state index in [-0.39, 0.29) is 11.7 Å². The predicted octanol–water partition coefficient (Wildman–Crippen LogP) is 4.80. The Morgan fingerprint density at radius 2 is 2.07 bits per heavy atom. The van der Waals surface area contributed by atoms with Gasteiger partial charge in [-0.15, -0.1) is 11.3 Å². The normalized spacial score (nSPS) is 13.5. The fourth-order valence-electron chi connectivity index (χ4n) is 3.41. The monoisotopic (exact) mass is 399 g/mol. The zero-order chi connectivity index (χ0) is 19.0. The van der Waals surface area contributed by atoms with Gasteiger partial charge in [-0.25, -0.2) is 4.98 Å². The number of benzene rings is 1. The van der Waals surface area contributed by atoms with E-state index < -0.39 is 0 Å². The number of H-pyrrole nitrogens is 1. The standard InChI is InChI=1S/C20H18ClN3O2S/c1-11-17-15(3-2-4-16(17)25)23-18(11)19(26)24-20-22-10-14(27-20)9-12-5-7-13(21)8-6-12/h5-8,10,23H,2-4,9H2,1H3,(H,22,24,26). The van der Waals surface area contributed by atoms with Crippen molar-refractivity contribution in [3.63, 3.8) is 0 Å². The van der Waals surface area contributed by atoms with Crippen molar-refractivity contribution in [3.8, 4) is 0 Å². The van der Waals surface area contributed by atoms with Gasteiger partial charge in [0.15, 0.2) is 10.9 Å². The van der Waals surface area contributed by atoms with Gasteiger partial charge in [0.1, 0.15) is 5.69 Å². The molecule has 0 fully saturated rings. The number of aromatic amines is 1. The van der Waals surface area contributed by atoms with Gasteiger partial charge in [0.2, 0.25) is 0 Å². The van der Waals surface area contributed by atoms with Crippen molar-refractivity contribution in [2.24, 2.45) is 0 Å². The van der Waals surface area contributed by atoms with E-state index in [4.69, 9.17) is 11.6 Å². The molecule has 0 unspecified atom stereocenters. The fourth-order valence-corrected chi connectivity index (χ4v) is 4.38. The van der Waals surface area contributed by atoms with Crippen molar-refractivity contribution in [1.82, 2.24) is 9.97 Å². The van der Waals surface area contributed by atoms with Crippen molar-refractivity contribution < 1.29 is 9.59 Å². The Hall–Kier alpha value is -2.44. The van der Waals surface area contributed by atoms with Crippen LogP contribution in [0.1, 0.15) is 55.4 Å². The number of nitrogens with zero attached hydrogens (tertiary/aromatic N) is 1. The molecule has 138 valence electrons. The first-order valence-electron chi connectivity index (χ1n) is 8.76. The number of rotatable bonds is 4. The number of carbonyl (C=O) groups excluding carboxylic acids is 2. The van der Waals surface area contributed by atoms with Crippen LogP contribution in [-0.4, -0.2) is 21.7 Å². The van der Waals surface area contributed by atoms with E-state index in [1.807, 2.05) is 31.2 Å². The fraction of sp³-hybridized carbons (Fsp3) is 0.250. The van der Waals surface area contributed by atoms with E-state index in [0.29, 0.717) is 27.8 Å². The molecule has 0 saturated heterocycles. The van der Waals surface area contributed by atoms with Crippen molar-refractivity contribution in [1.29, 1.82) is 0 Å². The number of fused-ring (bicyclic) bond motifs is 1. The summed E-state index contributed by atoms with van der Waals surface area (Å²) in [5.74, 6) is -0.148. The molecule has 4 rings (SSSR count). The van der Waals surface area contributed by atoms with E-state index in [1.54, 1.807) is 6.20 Å². The van der Waals surface area contributed by atoms with Gasteiger partial charge in [0, 0.05) is 40.2 Å². The quantitative estimate of drug-likeness (QED) is 0.662. The first-order valence-corrected chi connectivity index (χ1v) is 9.96. The van der Waals surface area contributed by atoms with Gasteiger partial charge in [-0.2, -0.15) is 0 Å². The van der Waals surface area contributed by atoms with Crippen LogP contribution in [0.3, 0.4) is 0 Å². The molecule has 1 aliphatic rings. The lowest BCUT2D eigenvalue weighted by molar-refractivity contribution is 0.0971. The number of ketones is 1. The van der Waals surface area contributed by atoms with E-state index in [9.17, 15) is 9.59 Å². The third kappa shape index (κ3) is 3.68. The highest BCUT2D eigenvalue weighted by molar-refractivity contribution is 7.15. The molecule has 0 atom stereocenters. The SMILES string of the molecule is Cc1c(C(=O)Nc2ncc(Cc3ccc(Cl)cc3)s2)[nH]c2c1C(=O)CCC2. The summed E-state index contributed by atoms with van der Waals surface area (Å²) >= 11 is 7.35. The smallest absolute Gasteiger partial charge is 0.274 e. The topological polar surface area (TPSA) is 74.8 Å². The molecule has 27 heavy (non-hydrogen) atoms. The Morgan fingerprint density at radius 1 is 1.30 bits per heavy atom. The number of Topliss-reactive ketones (excluding diaryl/α,β-unsaturated/α-hetero) is 1. The van der Waals surface area contributed by atoms with Crippen LogP contribution in [0.2, 0.25) is 5.02 Å². The molecule has 0 bridgehead atoms. The lowest BCUT2D eigenvalue weighted by Gasteiger charge is -2.09. The van der Waals surface area contributed by atoms with Crippen LogP contribution >= 0.6 is 22.9 Å². The zero-order valence-corrected chi connectivity index (χ0v) is 16.3. The van der Waals surface area contributed by atoms with Crippen LogP contribution < -0.4 is 5.32 Å². The highest BCUT2D eigenvalue weighted by Crippen LogP contribution is 2.28. The highest BCUT2D eigenvalue weighted by Gasteiger charge is 2.26. The van der Waals surface area contributed by atoms with Crippen molar-refractivity contribution in [2.45, 2.75) is 32.6 Å². The van der Waals surface area contributed by atoms with Gasteiger partial charge in [-0.3, -0.25) is 14.9 Å². The summed E-state index contributed by atoms with van der Waals surface area (Å²) in [5.41, 5.74) is 3.87. The number of nitrogens with one attached hydrogen (secondary N) is 2. The van der Waals surface area contributed by atoms with Crippen molar-refractivity contribution >= 4 is 39.8 Å². The third-order valence-corrected chi connectivity index (χ3v) is 5.89.